The van der Waals surface area contributed by atoms with Crippen LogP contribution in [0.2, 0.25) is 0 Å². The summed E-state index contributed by atoms with van der Waals surface area (Å²) >= 11 is -1.61. The summed E-state index contributed by atoms with van der Waals surface area (Å²) in [5.74, 6) is 0. The van der Waals surface area contributed by atoms with E-state index in [-0.39, 0.29) is 0 Å². The number of sulfonamides is 2. The Kier molecular flexibility index (Phi) is 7.12. The van der Waals surface area contributed by atoms with Crippen LogP contribution in [0.5, 0.6) is 0 Å². The minimum absolute atomic E-state index is 0.300. The van der Waals surface area contributed by atoms with Gasteiger partial charge in [0, 0.05) is 0 Å². The standard InChI is InChI=1S/C14H16N2O4S2Te2/c1-15-21(17,18)11-7-3-5-9-13(11)23-24-14-10-6-4-8-12(14)22(19,20)16-2/h3-10,15-16H,1-2H3. The van der Waals surface area contributed by atoms with Gasteiger partial charge in [0.1, 0.15) is 0 Å². The molecule has 0 aliphatic rings. The Balaban J connectivity index is 2.35. The maximum atomic E-state index is 12.1. The van der Waals surface area contributed by atoms with E-state index in [0.717, 1.165) is 7.22 Å². The molecule has 0 atom stereocenters. The maximum absolute atomic E-state index is 12.1. The third-order valence-corrected chi connectivity index (χ3v) is 18.6. The quantitative estimate of drug-likeness (QED) is 0.393. The van der Waals surface area contributed by atoms with Gasteiger partial charge in [0.2, 0.25) is 0 Å². The molecular formula is C14H16N2O4S2Te2. The van der Waals surface area contributed by atoms with Gasteiger partial charge in [0.05, 0.1) is 0 Å². The topological polar surface area (TPSA) is 92.3 Å². The fourth-order valence-electron chi connectivity index (χ4n) is 1.79. The fourth-order valence-corrected chi connectivity index (χ4v) is 19.2. The molecule has 2 rings (SSSR count). The molecule has 130 valence electrons. The summed E-state index contributed by atoms with van der Waals surface area (Å²) in [7, 11) is -4.23. The molecule has 0 aromatic heterocycles. The van der Waals surface area contributed by atoms with Gasteiger partial charge in [-0.05, 0) is 0 Å². The zero-order chi connectivity index (χ0) is 17.8. The van der Waals surface area contributed by atoms with Crippen molar-refractivity contribution in [1.29, 1.82) is 0 Å². The molecule has 0 heterocycles. The van der Waals surface area contributed by atoms with Gasteiger partial charge < -0.3 is 0 Å². The normalized spacial score (nSPS) is 12.2. The summed E-state index contributed by atoms with van der Waals surface area (Å²) in [6.45, 7) is 0. The van der Waals surface area contributed by atoms with Crippen LogP contribution in [0.3, 0.4) is 0 Å². The number of nitrogens with one attached hydrogen (secondary N) is 2. The van der Waals surface area contributed by atoms with Crippen molar-refractivity contribution in [3.8, 4) is 0 Å². The molecule has 0 fully saturated rings. The average molecular weight is 596 g/mol. The van der Waals surface area contributed by atoms with Crippen molar-refractivity contribution in [3.05, 3.63) is 48.5 Å². The van der Waals surface area contributed by atoms with Crippen LogP contribution in [0.15, 0.2) is 58.3 Å². The van der Waals surface area contributed by atoms with Gasteiger partial charge in [-0.3, -0.25) is 0 Å². The van der Waals surface area contributed by atoms with Gasteiger partial charge in [0.25, 0.3) is 0 Å². The second kappa shape index (κ2) is 8.48. The van der Waals surface area contributed by atoms with Gasteiger partial charge in [-0.2, -0.15) is 0 Å². The molecule has 0 spiro atoms. The van der Waals surface area contributed by atoms with E-state index in [0.29, 0.717) is 9.79 Å². The number of rotatable bonds is 7. The number of hydrogen-bond acceptors (Lipinski definition) is 4. The summed E-state index contributed by atoms with van der Waals surface area (Å²) in [4.78, 5) is 0.600. The minimum atomic E-state index is -3.50. The zero-order valence-corrected chi connectivity index (χ0v) is 19.2. The molecule has 6 nitrogen and oxygen atoms in total. The van der Waals surface area contributed by atoms with Gasteiger partial charge in [0.15, 0.2) is 0 Å². The van der Waals surface area contributed by atoms with Crippen LogP contribution >= 0.6 is 0 Å². The van der Waals surface area contributed by atoms with E-state index < -0.39 is 54.2 Å². The van der Waals surface area contributed by atoms with Crippen molar-refractivity contribution < 1.29 is 16.8 Å². The van der Waals surface area contributed by atoms with Crippen molar-refractivity contribution in [2.75, 3.05) is 14.1 Å². The van der Waals surface area contributed by atoms with Gasteiger partial charge in [-0.15, -0.1) is 0 Å². The SMILES string of the molecule is CNS(=O)(=O)c1ccccc1[Te][Te]c1ccccc1S(=O)(=O)NC. The number of hydrogen-bond donors (Lipinski definition) is 2. The fraction of sp³-hybridized carbons (Fsp3) is 0.143. The predicted octanol–water partition coefficient (Wildman–Crippen LogP) is -1.22. The second-order valence-corrected chi connectivity index (χ2v) is 18.0. The molecule has 0 amide bonds. The first-order valence-electron chi connectivity index (χ1n) is 6.71. The molecular weight excluding hydrogens is 579 g/mol. The van der Waals surface area contributed by atoms with Crippen LogP contribution < -0.4 is 16.7 Å². The van der Waals surface area contributed by atoms with Crippen molar-refractivity contribution in [2.45, 2.75) is 9.79 Å². The van der Waals surface area contributed by atoms with E-state index >= 15 is 0 Å². The van der Waals surface area contributed by atoms with E-state index in [9.17, 15) is 16.8 Å². The van der Waals surface area contributed by atoms with Gasteiger partial charge in [-0.1, -0.05) is 0 Å². The summed E-state index contributed by atoms with van der Waals surface area (Å²) in [6, 6.07) is 13.9. The molecule has 2 aromatic carbocycles. The Hall–Kier alpha value is -0.161. The Morgan fingerprint density at radius 3 is 1.33 bits per heavy atom. The van der Waals surface area contributed by atoms with Gasteiger partial charge in [-0.25, -0.2) is 0 Å². The van der Waals surface area contributed by atoms with E-state index in [1.807, 2.05) is 24.3 Å². The summed E-state index contributed by atoms with van der Waals surface area (Å²) in [5, 5.41) is 0. The van der Waals surface area contributed by atoms with Crippen molar-refractivity contribution in [2.24, 2.45) is 0 Å². The Morgan fingerprint density at radius 2 is 1.00 bits per heavy atom. The molecule has 10 heteroatoms. The molecule has 0 aliphatic carbocycles. The molecule has 0 saturated carbocycles. The van der Waals surface area contributed by atoms with E-state index in [2.05, 4.69) is 9.44 Å². The summed E-state index contributed by atoms with van der Waals surface area (Å²) in [5.41, 5.74) is 0. The van der Waals surface area contributed by atoms with Crippen molar-refractivity contribution >= 4 is 61.4 Å². The second-order valence-electron chi connectivity index (χ2n) is 4.48. The molecule has 24 heavy (non-hydrogen) atoms. The van der Waals surface area contributed by atoms with Crippen LogP contribution in [0.1, 0.15) is 0 Å². The monoisotopic (exact) mass is 600 g/mol. The van der Waals surface area contributed by atoms with Crippen LogP contribution in [0.25, 0.3) is 0 Å². The number of benzene rings is 2. The van der Waals surface area contributed by atoms with E-state index in [4.69, 9.17) is 0 Å². The van der Waals surface area contributed by atoms with Crippen LogP contribution in [-0.2, 0) is 20.0 Å². The van der Waals surface area contributed by atoms with Gasteiger partial charge >= 0.3 is 160 Å². The van der Waals surface area contributed by atoms with E-state index in [1.54, 1.807) is 24.3 Å². The third kappa shape index (κ3) is 4.72. The predicted molar refractivity (Wildman–Crippen MR) is 96.2 cm³/mol. The third-order valence-electron chi connectivity index (χ3n) is 3.04. The van der Waals surface area contributed by atoms with Crippen LogP contribution in [0.4, 0.5) is 0 Å². The molecule has 2 aromatic rings. The van der Waals surface area contributed by atoms with Crippen molar-refractivity contribution in [1.82, 2.24) is 9.44 Å². The van der Waals surface area contributed by atoms with Crippen LogP contribution in [-0.4, -0.2) is 65.0 Å². The summed E-state index contributed by atoms with van der Waals surface area (Å²) in [6.07, 6.45) is 0. The first-order valence-corrected chi connectivity index (χ1v) is 19.3. The summed E-state index contributed by atoms with van der Waals surface area (Å²) < 4.78 is 54.8. The Morgan fingerprint density at radius 1 is 0.667 bits per heavy atom. The first-order chi connectivity index (χ1) is 11.3. The Labute approximate surface area is 158 Å². The van der Waals surface area contributed by atoms with E-state index in [1.165, 1.54) is 14.1 Å². The average Bonchev–Trinajstić information content (AvgIpc) is 2.60. The molecule has 0 aliphatic heterocycles. The zero-order valence-electron chi connectivity index (χ0n) is 12.9. The molecule has 0 saturated heterocycles. The molecule has 2 N–H and O–H groups in total. The molecule has 0 radical (unpaired) electrons. The molecule has 0 unspecified atom stereocenters. The molecule has 0 bridgehead atoms. The van der Waals surface area contributed by atoms with Crippen molar-refractivity contribution in [3.63, 3.8) is 0 Å². The van der Waals surface area contributed by atoms with Crippen LogP contribution in [0, 0.1) is 0 Å². The Bertz CT molecular complexity index is 854. The first kappa shape index (κ1) is 20.2.